The highest BCUT2D eigenvalue weighted by Gasteiger charge is 2.15. The van der Waals surface area contributed by atoms with Crippen molar-refractivity contribution in [2.24, 2.45) is 0 Å². The van der Waals surface area contributed by atoms with E-state index in [1.165, 1.54) is 0 Å². The van der Waals surface area contributed by atoms with E-state index in [1.54, 1.807) is 14.2 Å². The molecule has 0 radical (unpaired) electrons. The Bertz CT molecular complexity index is 461. The van der Waals surface area contributed by atoms with Gasteiger partial charge in [0.1, 0.15) is 5.65 Å². The first-order valence-corrected chi connectivity index (χ1v) is 5.96. The number of rotatable bonds is 6. The average molecular weight is 249 g/mol. The Morgan fingerprint density at radius 1 is 1.33 bits per heavy atom. The lowest BCUT2D eigenvalue weighted by Crippen LogP contribution is -2.39. The van der Waals surface area contributed by atoms with Crippen molar-refractivity contribution in [2.75, 3.05) is 14.2 Å². The standard InChI is InChI=1S/C13H19N3O2/c1-10(13(17-2)18-3)14-8-11-9-16-7-5-4-6-12(16)15-11/h4-7,9-10,13-14H,8H2,1-3H3. The molecule has 0 spiro atoms. The molecule has 5 heteroatoms. The summed E-state index contributed by atoms with van der Waals surface area (Å²) in [4.78, 5) is 4.51. The van der Waals surface area contributed by atoms with Gasteiger partial charge in [-0.1, -0.05) is 6.07 Å². The van der Waals surface area contributed by atoms with Crippen LogP contribution in [0, 0.1) is 0 Å². The van der Waals surface area contributed by atoms with Gasteiger partial charge in [0.05, 0.1) is 11.7 Å². The Balaban J connectivity index is 1.97. The molecular formula is C13H19N3O2. The van der Waals surface area contributed by atoms with Gasteiger partial charge in [-0.25, -0.2) is 4.98 Å². The summed E-state index contributed by atoms with van der Waals surface area (Å²) in [6.45, 7) is 2.71. The highest BCUT2D eigenvalue weighted by atomic mass is 16.7. The molecule has 98 valence electrons. The number of hydrogen-bond donors (Lipinski definition) is 1. The van der Waals surface area contributed by atoms with E-state index in [9.17, 15) is 0 Å². The molecule has 0 saturated heterocycles. The van der Waals surface area contributed by atoms with Crippen LogP contribution in [0.1, 0.15) is 12.6 Å². The molecule has 0 saturated carbocycles. The van der Waals surface area contributed by atoms with E-state index in [0.717, 1.165) is 11.3 Å². The van der Waals surface area contributed by atoms with Crippen molar-refractivity contribution in [3.05, 3.63) is 36.3 Å². The fourth-order valence-corrected chi connectivity index (χ4v) is 1.94. The largest absolute Gasteiger partial charge is 0.354 e. The van der Waals surface area contributed by atoms with Gasteiger partial charge >= 0.3 is 0 Å². The predicted molar refractivity (Wildman–Crippen MR) is 69.3 cm³/mol. The fraction of sp³-hybridized carbons (Fsp3) is 0.462. The third-order valence-corrected chi connectivity index (χ3v) is 2.89. The minimum atomic E-state index is -0.248. The second-order valence-electron chi connectivity index (χ2n) is 4.21. The van der Waals surface area contributed by atoms with Gasteiger partial charge in [0.2, 0.25) is 0 Å². The maximum absolute atomic E-state index is 5.20. The number of hydrogen-bond acceptors (Lipinski definition) is 4. The molecule has 2 rings (SSSR count). The number of nitrogens with zero attached hydrogens (tertiary/aromatic N) is 2. The zero-order chi connectivity index (χ0) is 13.0. The Morgan fingerprint density at radius 2 is 2.11 bits per heavy atom. The highest BCUT2D eigenvalue weighted by molar-refractivity contribution is 5.39. The van der Waals surface area contributed by atoms with Crippen molar-refractivity contribution in [3.63, 3.8) is 0 Å². The summed E-state index contributed by atoms with van der Waals surface area (Å²) in [6, 6.07) is 6.05. The molecule has 2 aromatic rings. The molecular weight excluding hydrogens is 230 g/mol. The molecule has 0 aliphatic carbocycles. The molecule has 2 heterocycles. The van der Waals surface area contributed by atoms with Gasteiger partial charge in [-0.05, 0) is 19.1 Å². The van der Waals surface area contributed by atoms with Crippen molar-refractivity contribution in [2.45, 2.75) is 25.8 Å². The Hall–Kier alpha value is -1.43. The van der Waals surface area contributed by atoms with Gasteiger partial charge in [0.25, 0.3) is 0 Å². The van der Waals surface area contributed by atoms with E-state index in [2.05, 4.69) is 10.3 Å². The number of nitrogens with one attached hydrogen (secondary N) is 1. The number of ether oxygens (including phenoxy) is 2. The normalized spacial score (nSPS) is 13.3. The lowest BCUT2D eigenvalue weighted by Gasteiger charge is -2.21. The Labute approximate surface area is 107 Å². The van der Waals surface area contributed by atoms with E-state index < -0.39 is 0 Å². The van der Waals surface area contributed by atoms with Crippen molar-refractivity contribution >= 4 is 5.65 Å². The molecule has 0 aliphatic rings. The first-order valence-electron chi connectivity index (χ1n) is 5.96. The Kier molecular flexibility index (Phi) is 4.30. The van der Waals surface area contributed by atoms with Crippen molar-refractivity contribution in [1.82, 2.24) is 14.7 Å². The maximum atomic E-state index is 5.20. The quantitative estimate of drug-likeness (QED) is 0.787. The van der Waals surface area contributed by atoms with Gasteiger partial charge in [0.15, 0.2) is 6.29 Å². The molecule has 2 aromatic heterocycles. The molecule has 0 aliphatic heterocycles. The van der Waals surface area contributed by atoms with E-state index in [0.29, 0.717) is 6.54 Å². The van der Waals surface area contributed by atoms with E-state index in [1.807, 2.05) is 41.9 Å². The molecule has 1 atom stereocenters. The summed E-state index contributed by atoms with van der Waals surface area (Å²) >= 11 is 0. The van der Waals surface area contributed by atoms with Gasteiger partial charge < -0.3 is 19.2 Å². The highest BCUT2D eigenvalue weighted by Crippen LogP contribution is 2.05. The smallest absolute Gasteiger partial charge is 0.171 e. The molecule has 5 nitrogen and oxygen atoms in total. The SMILES string of the molecule is COC(OC)C(C)NCc1cn2ccccc2n1. The van der Waals surface area contributed by atoms with Crippen molar-refractivity contribution in [3.8, 4) is 0 Å². The van der Waals surface area contributed by atoms with Crippen LogP contribution in [-0.2, 0) is 16.0 Å². The molecule has 0 amide bonds. The van der Waals surface area contributed by atoms with Crippen LogP contribution < -0.4 is 5.32 Å². The number of fused-ring (bicyclic) bond motifs is 1. The number of imidazole rings is 1. The zero-order valence-electron chi connectivity index (χ0n) is 11.0. The fourth-order valence-electron chi connectivity index (χ4n) is 1.94. The van der Waals surface area contributed by atoms with Gasteiger partial charge in [-0.3, -0.25) is 0 Å². The first kappa shape index (κ1) is 13.0. The summed E-state index contributed by atoms with van der Waals surface area (Å²) in [5.41, 5.74) is 1.95. The first-order chi connectivity index (χ1) is 8.74. The van der Waals surface area contributed by atoms with E-state index in [-0.39, 0.29) is 12.3 Å². The van der Waals surface area contributed by atoms with Gasteiger partial charge in [-0.2, -0.15) is 0 Å². The molecule has 0 bridgehead atoms. The third kappa shape index (κ3) is 2.87. The minimum Gasteiger partial charge on any atom is -0.354 e. The summed E-state index contributed by atoms with van der Waals surface area (Å²) in [5.74, 6) is 0. The second-order valence-corrected chi connectivity index (χ2v) is 4.21. The Morgan fingerprint density at radius 3 is 2.78 bits per heavy atom. The summed E-state index contributed by atoms with van der Waals surface area (Å²) in [5, 5.41) is 3.34. The number of aromatic nitrogens is 2. The minimum absolute atomic E-state index is 0.102. The molecule has 0 fully saturated rings. The van der Waals surface area contributed by atoms with E-state index >= 15 is 0 Å². The van der Waals surface area contributed by atoms with Gasteiger partial charge in [-0.15, -0.1) is 0 Å². The molecule has 1 unspecified atom stereocenters. The molecule has 18 heavy (non-hydrogen) atoms. The van der Waals surface area contributed by atoms with Gasteiger partial charge in [0, 0.05) is 33.2 Å². The van der Waals surface area contributed by atoms with Crippen LogP contribution in [-0.4, -0.2) is 35.9 Å². The van der Waals surface area contributed by atoms with Crippen LogP contribution in [0.15, 0.2) is 30.6 Å². The van der Waals surface area contributed by atoms with Crippen molar-refractivity contribution in [1.29, 1.82) is 0 Å². The monoisotopic (exact) mass is 249 g/mol. The maximum Gasteiger partial charge on any atom is 0.171 e. The molecule has 1 N–H and O–H groups in total. The lowest BCUT2D eigenvalue weighted by molar-refractivity contribution is -0.119. The topological polar surface area (TPSA) is 47.8 Å². The van der Waals surface area contributed by atoms with Crippen LogP contribution in [0.2, 0.25) is 0 Å². The lowest BCUT2D eigenvalue weighted by atomic mass is 10.3. The average Bonchev–Trinajstić information content (AvgIpc) is 2.80. The second kappa shape index (κ2) is 5.95. The summed E-state index contributed by atoms with van der Waals surface area (Å²) in [7, 11) is 3.27. The summed E-state index contributed by atoms with van der Waals surface area (Å²) < 4.78 is 12.4. The van der Waals surface area contributed by atoms with E-state index in [4.69, 9.17) is 9.47 Å². The predicted octanol–water partition coefficient (Wildman–Crippen LogP) is 1.43. The van der Waals surface area contributed by atoms with Crippen LogP contribution in [0.25, 0.3) is 5.65 Å². The summed E-state index contributed by atoms with van der Waals surface area (Å²) in [6.07, 6.45) is 3.76. The van der Waals surface area contributed by atoms with Crippen LogP contribution >= 0.6 is 0 Å². The molecule has 0 aromatic carbocycles. The third-order valence-electron chi connectivity index (χ3n) is 2.89. The zero-order valence-corrected chi connectivity index (χ0v) is 11.0. The van der Waals surface area contributed by atoms with Crippen LogP contribution in [0.4, 0.5) is 0 Å². The van der Waals surface area contributed by atoms with Crippen molar-refractivity contribution < 1.29 is 9.47 Å². The number of pyridine rings is 1. The van der Waals surface area contributed by atoms with Crippen LogP contribution in [0.3, 0.4) is 0 Å². The number of methoxy groups -OCH3 is 2. The van der Waals surface area contributed by atoms with Crippen LogP contribution in [0.5, 0.6) is 0 Å².